The van der Waals surface area contributed by atoms with Crippen molar-refractivity contribution in [3.05, 3.63) is 34.0 Å². The zero-order valence-corrected chi connectivity index (χ0v) is 13.0. The lowest BCUT2D eigenvalue weighted by atomic mass is 10.2. The highest BCUT2D eigenvalue weighted by Gasteiger charge is 2.16. The Kier molecular flexibility index (Phi) is 4.79. The largest absolute Gasteiger partial charge is 0.493 e. The number of carboxylic acids is 1. The van der Waals surface area contributed by atoms with E-state index in [-0.39, 0.29) is 12.2 Å². The Morgan fingerprint density at radius 3 is 2.67 bits per heavy atom. The molecule has 0 radical (unpaired) electrons. The highest BCUT2D eigenvalue weighted by Crippen LogP contribution is 2.37. The number of ether oxygens (including phenoxy) is 2. The van der Waals surface area contributed by atoms with Crippen LogP contribution in [0.3, 0.4) is 0 Å². The fraction of sp³-hybridized carbons (Fsp3) is 0.308. The van der Waals surface area contributed by atoms with E-state index in [2.05, 4.69) is 26.1 Å². The van der Waals surface area contributed by atoms with Crippen molar-refractivity contribution < 1.29 is 23.8 Å². The predicted octanol–water partition coefficient (Wildman–Crippen LogP) is 2.68. The maximum absolute atomic E-state index is 11.0. The molecule has 2 aromatic rings. The third kappa shape index (κ3) is 3.52. The number of carbonyl (C=O) groups is 1. The lowest BCUT2D eigenvalue weighted by Gasteiger charge is -2.12. The van der Waals surface area contributed by atoms with Gasteiger partial charge in [-0.2, -0.15) is 0 Å². The number of methoxy groups -OCH3 is 1. The Balaban J connectivity index is 2.20. The second kappa shape index (κ2) is 6.57. The van der Waals surface area contributed by atoms with Crippen molar-refractivity contribution in [3.63, 3.8) is 0 Å². The molecule has 0 saturated carbocycles. The number of aromatic nitrogens is 2. The molecule has 7 nitrogen and oxygen atoms in total. The number of nitrogens with zero attached hydrogens (tertiary/aromatic N) is 2. The van der Waals surface area contributed by atoms with Gasteiger partial charge in [0.2, 0.25) is 5.89 Å². The molecule has 0 saturated heterocycles. The summed E-state index contributed by atoms with van der Waals surface area (Å²) in [6, 6.07) is 2.82. The minimum atomic E-state index is -1.05. The van der Waals surface area contributed by atoms with Gasteiger partial charge in [-0.1, -0.05) is 6.92 Å². The Morgan fingerprint density at radius 2 is 2.10 bits per heavy atom. The monoisotopic (exact) mass is 356 g/mol. The van der Waals surface area contributed by atoms with E-state index in [4.69, 9.17) is 19.0 Å². The molecule has 0 aliphatic rings. The van der Waals surface area contributed by atoms with E-state index in [1.165, 1.54) is 19.2 Å². The number of hydrogen-bond donors (Lipinski definition) is 1. The minimum absolute atomic E-state index is 0.0639. The molecule has 0 aliphatic heterocycles. The molecule has 1 N–H and O–H groups in total. The van der Waals surface area contributed by atoms with E-state index >= 15 is 0 Å². The van der Waals surface area contributed by atoms with Gasteiger partial charge in [0.25, 0.3) is 5.89 Å². The second-order valence-electron chi connectivity index (χ2n) is 4.03. The van der Waals surface area contributed by atoms with E-state index in [1.807, 2.05) is 6.92 Å². The van der Waals surface area contributed by atoms with E-state index in [1.54, 1.807) is 0 Å². The van der Waals surface area contributed by atoms with Crippen molar-refractivity contribution in [2.45, 2.75) is 20.0 Å². The van der Waals surface area contributed by atoms with Crippen molar-refractivity contribution in [1.29, 1.82) is 0 Å². The summed E-state index contributed by atoms with van der Waals surface area (Å²) in [7, 11) is 1.43. The summed E-state index contributed by atoms with van der Waals surface area (Å²) in [4.78, 5) is 11.0. The third-order valence-corrected chi connectivity index (χ3v) is 3.22. The molecule has 0 spiro atoms. The molecule has 112 valence electrons. The van der Waals surface area contributed by atoms with Crippen LogP contribution in [0.1, 0.15) is 29.1 Å². The molecule has 1 heterocycles. The number of halogens is 1. The normalized spacial score (nSPS) is 10.4. The van der Waals surface area contributed by atoms with Gasteiger partial charge >= 0.3 is 5.97 Å². The minimum Gasteiger partial charge on any atom is -0.493 e. The molecule has 1 aromatic heterocycles. The number of rotatable bonds is 6. The maximum atomic E-state index is 11.0. The van der Waals surface area contributed by atoms with Crippen LogP contribution in [-0.2, 0) is 13.0 Å². The van der Waals surface area contributed by atoms with E-state index < -0.39 is 5.97 Å². The van der Waals surface area contributed by atoms with Crippen molar-refractivity contribution in [1.82, 2.24) is 10.2 Å². The zero-order chi connectivity index (χ0) is 15.4. The van der Waals surface area contributed by atoms with Crippen LogP contribution in [-0.4, -0.2) is 28.4 Å². The molecular weight excluding hydrogens is 344 g/mol. The summed E-state index contributed by atoms with van der Waals surface area (Å²) < 4.78 is 16.5. The first-order valence-electron chi connectivity index (χ1n) is 6.10. The maximum Gasteiger partial charge on any atom is 0.335 e. The van der Waals surface area contributed by atoms with Crippen molar-refractivity contribution in [2.75, 3.05) is 7.11 Å². The predicted molar refractivity (Wildman–Crippen MR) is 75.7 cm³/mol. The molecule has 21 heavy (non-hydrogen) atoms. The topological polar surface area (TPSA) is 94.7 Å². The van der Waals surface area contributed by atoms with Gasteiger partial charge in [0.05, 0.1) is 17.1 Å². The van der Waals surface area contributed by atoms with Crippen LogP contribution in [0.5, 0.6) is 11.5 Å². The molecule has 0 aliphatic carbocycles. The fourth-order valence-electron chi connectivity index (χ4n) is 1.61. The van der Waals surface area contributed by atoms with Gasteiger partial charge in [-0.3, -0.25) is 0 Å². The number of hydrogen-bond acceptors (Lipinski definition) is 6. The van der Waals surface area contributed by atoms with Crippen molar-refractivity contribution in [3.8, 4) is 11.5 Å². The molecule has 0 bridgehead atoms. The SMILES string of the molecule is CCc1nnc(COc2c(Br)cc(C(=O)O)cc2OC)o1. The van der Waals surface area contributed by atoms with Crippen LogP contribution >= 0.6 is 15.9 Å². The van der Waals surface area contributed by atoms with Crippen molar-refractivity contribution >= 4 is 21.9 Å². The molecular formula is C13H13BrN2O5. The lowest BCUT2D eigenvalue weighted by Crippen LogP contribution is -2.02. The highest BCUT2D eigenvalue weighted by atomic mass is 79.9. The zero-order valence-electron chi connectivity index (χ0n) is 11.4. The van der Waals surface area contributed by atoms with Gasteiger partial charge in [0.15, 0.2) is 18.1 Å². The molecule has 0 fully saturated rings. The Bertz CT molecular complexity index is 656. The fourth-order valence-corrected chi connectivity index (χ4v) is 2.16. The molecule has 0 unspecified atom stereocenters. The molecule has 0 amide bonds. The van der Waals surface area contributed by atoms with Crippen LogP contribution in [0, 0.1) is 0 Å². The summed E-state index contributed by atoms with van der Waals surface area (Å²) in [6.07, 6.45) is 0.646. The first-order valence-corrected chi connectivity index (χ1v) is 6.89. The average Bonchev–Trinajstić information content (AvgIpc) is 2.93. The van der Waals surface area contributed by atoms with Crippen LogP contribution < -0.4 is 9.47 Å². The molecule has 1 aromatic carbocycles. The molecule has 0 atom stereocenters. The summed E-state index contributed by atoms with van der Waals surface area (Å²) in [5.41, 5.74) is 0.0946. The van der Waals surface area contributed by atoms with Gasteiger partial charge in [-0.25, -0.2) is 4.79 Å². The van der Waals surface area contributed by atoms with Crippen LogP contribution in [0.15, 0.2) is 21.0 Å². The van der Waals surface area contributed by atoms with Gasteiger partial charge in [0.1, 0.15) is 0 Å². The van der Waals surface area contributed by atoms with Crippen molar-refractivity contribution in [2.24, 2.45) is 0 Å². The number of benzene rings is 1. The summed E-state index contributed by atoms with van der Waals surface area (Å²) in [5.74, 6) is 0.491. The summed E-state index contributed by atoms with van der Waals surface area (Å²) in [6.45, 7) is 1.97. The molecule has 8 heteroatoms. The number of aromatic carboxylic acids is 1. The van der Waals surface area contributed by atoms with E-state index in [0.29, 0.717) is 34.2 Å². The van der Waals surface area contributed by atoms with E-state index in [9.17, 15) is 4.79 Å². The number of aryl methyl sites for hydroxylation is 1. The van der Waals surface area contributed by atoms with Crippen LogP contribution in [0.2, 0.25) is 0 Å². The van der Waals surface area contributed by atoms with E-state index in [0.717, 1.165) is 0 Å². The first-order chi connectivity index (χ1) is 10.0. The second-order valence-corrected chi connectivity index (χ2v) is 4.88. The lowest BCUT2D eigenvalue weighted by molar-refractivity contribution is 0.0696. The quantitative estimate of drug-likeness (QED) is 0.849. The Morgan fingerprint density at radius 1 is 1.38 bits per heavy atom. The van der Waals surface area contributed by atoms with Gasteiger partial charge < -0.3 is 19.0 Å². The average molecular weight is 357 g/mol. The Hall–Kier alpha value is -2.09. The van der Waals surface area contributed by atoms with Gasteiger partial charge in [-0.05, 0) is 28.1 Å². The Labute approximate surface area is 129 Å². The standard InChI is InChI=1S/C13H13BrN2O5/c1-3-10-15-16-11(21-10)6-20-12-8(14)4-7(13(17)18)5-9(12)19-2/h4-5H,3,6H2,1-2H3,(H,17,18). The van der Waals surface area contributed by atoms with Crippen LogP contribution in [0.4, 0.5) is 0 Å². The number of carboxylic acid groups (broad SMARTS) is 1. The summed E-state index contributed by atoms with van der Waals surface area (Å²) in [5, 5.41) is 16.7. The smallest absolute Gasteiger partial charge is 0.335 e. The van der Waals surface area contributed by atoms with Gasteiger partial charge in [0, 0.05) is 6.42 Å². The summed E-state index contributed by atoms with van der Waals surface area (Å²) >= 11 is 3.26. The molecule has 2 rings (SSSR count). The first kappa shape index (κ1) is 15.3. The highest BCUT2D eigenvalue weighted by molar-refractivity contribution is 9.10. The van der Waals surface area contributed by atoms with Gasteiger partial charge in [-0.15, -0.1) is 10.2 Å². The van der Waals surface area contributed by atoms with Crippen LogP contribution in [0.25, 0.3) is 0 Å². The third-order valence-electron chi connectivity index (χ3n) is 2.63.